The molecule has 3 nitrogen and oxygen atoms in total. The van der Waals surface area contributed by atoms with Crippen LogP contribution in [0.4, 0.5) is 4.39 Å². The number of hydrogen-bond donors (Lipinski definition) is 0. The van der Waals surface area contributed by atoms with Crippen LogP contribution in [0.25, 0.3) is 0 Å². The highest BCUT2D eigenvalue weighted by atomic mass is 19.1. The summed E-state index contributed by atoms with van der Waals surface area (Å²) in [6, 6.07) is 2.99. The third kappa shape index (κ3) is 2.14. The van der Waals surface area contributed by atoms with Crippen LogP contribution >= 0.6 is 0 Å². The van der Waals surface area contributed by atoms with Gasteiger partial charge in [0.05, 0.1) is 18.7 Å². The van der Waals surface area contributed by atoms with Crippen molar-refractivity contribution in [2.45, 2.75) is 19.3 Å². The van der Waals surface area contributed by atoms with Gasteiger partial charge < -0.3 is 4.74 Å². The monoisotopic (exact) mass is 209 g/mol. The van der Waals surface area contributed by atoms with E-state index in [1.54, 1.807) is 13.0 Å². The number of aromatic nitrogens is 1. The van der Waals surface area contributed by atoms with Gasteiger partial charge in [0.1, 0.15) is 5.82 Å². The molecule has 0 aromatic carbocycles. The third-order valence-electron chi connectivity index (χ3n) is 2.51. The molecule has 4 heteroatoms. The maximum absolute atomic E-state index is 12.6. The van der Waals surface area contributed by atoms with E-state index in [1.165, 1.54) is 12.3 Å². The van der Waals surface area contributed by atoms with Crippen LogP contribution in [-0.4, -0.2) is 17.6 Å². The summed E-state index contributed by atoms with van der Waals surface area (Å²) in [5, 5.41) is 0. The zero-order valence-electron chi connectivity index (χ0n) is 8.44. The van der Waals surface area contributed by atoms with E-state index >= 15 is 0 Å². The van der Waals surface area contributed by atoms with Crippen molar-refractivity contribution >= 4 is 5.97 Å². The summed E-state index contributed by atoms with van der Waals surface area (Å²) < 4.78 is 17.5. The summed E-state index contributed by atoms with van der Waals surface area (Å²) in [4.78, 5) is 15.3. The number of esters is 1. The third-order valence-corrected chi connectivity index (χ3v) is 2.51. The van der Waals surface area contributed by atoms with Crippen molar-refractivity contribution in [3.8, 4) is 0 Å². The lowest BCUT2D eigenvalue weighted by Gasteiger charge is -2.00. The van der Waals surface area contributed by atoms with E-state index in [4.69, 9.17) is 4.74 Å². The molecule has 15 heavy (non-hydrogen) atoms. The Kier molecular flexibility index (Phi) is 2.66. The van der Waals surface area contributed by atoms with Crippen LogP contribution in [0.3, 0.4) is 0 Å². The van der Waals surface area contributed by atoms with Crippen LogP contribution in [0, 0.1) is 11.7 Å². The maximum Gasteiger partial charge on any atom is 0.309 e. The smallest absolute Gasteiger partial charge is 0.309 e. The Hall–Kier alpha value is -1.45. The Morgan fingerprint density at radius 3 is 3.07 bits per heavy atom. The van der Waals surface area contributed by atoms with E-state index in [0.717, 1.165) is 12.1 Å². The van der Waals surface area contributed by atoms with Gasteiger partial charge in [-0.3, -0.25) is 9.78 Å². The van der Waals surface area contributed by atoms with Crippen molar-refractivity contribution in [3.05, 3.63) is 29.8 Å². The number of carbonyl (C=O) groups is 1. The number of rotatable bonds is 3. The van der Waals surface area contributed by atoms with E-state index in [-0.39, 0.29) is 23.6 Å². The molecular weight excluding hydrogens is 197 g/mol. The second-order valence-corrected chi connectivity index (χ2v) is 3.60. The zero-order valence-corrected chi connectivity index (χ0v) is 8.44. The minimum atomic E-state index is -0.355. The van der Waals surface area contributed by atoms with Crippen LogP contribution in [0.1, 0.15) is 25.0 Å². The van der Waals surface area contributed by atoms with Crippen LogP contribution in [0.5, 0.6) is 0 Å². The number of carbonyl (C=O) groups excluding carboxylic acids is 1. The number of hydrogen-bond acceptors (Lipinski definition) is 3. The second kappa shape index (κ2) is 3.96. The fourth-order valence-electron chi connectivity index (χ4n) is 1.64. The van der Waals surface area contributed by atoms with Crippen LogP contribution in [0.15, 0.2) is 18.3 Å². The molecule has 0 amide bonds. The molecule has 80 valence electrons. The summed E-state index contributed by atoms with van der Waals surface area (Å²) in [6.07, 6.45) is 1.94. The first-order chi connectivity index (χ1) is 7.22. The quantitative estimate of drug-likeness (QED) is 0.713. The Morgan fingerprint density at radius 2 is 2.47 bits per heavy atom. The van der Waals surface area contributed by atoms with E-state index in [2.05, 4.69) is 4.98 Å². The molecule has 1 heterocycles. The fourth-order valence-corrected chi connectivity index (χ4v) is 1.64. The lowest BCUT2D eigenvalue weighted by atomic mass is 10.2. The van der Waals surface area contributed by atoms with Gasteiger partial charge in [-0.15, -0.1) is 0 Å². The average molecular weight is 209 g/mol. The predicted molar refractivity (Wildman–Crippen MR) is 51.7 cm³/mol. The second-order valence-electron chi connectivity index (χ2n) is 3.60. The Balaban J connectivity index is 1.98. The SMILES string of the molecule is CCOC(=O)[C@H]1C[C@@H]1c1ccc(F)cn1. The van der Waals surface area contributed by atoms with Gasteiger partial charge in [-0.05, 0) is 25.5 Å². The summed E-state index contributed by atoms with van der Waals surface area (Å²) in [5.74, 6) is -0.492. The normalized spacial score (nSPS) is 23.6. The molecule has 0 aliphatic heterocycles. The van der Waals surface area contributed by atoms with Gasteiger partial charge in [-0.1, -0.05) is 0 Å². The molecule has 0 bridgehead atoms. The Morgan fingerprint density at radius 1 is 1.67 bits per heavy atom. The van der Waals surface area contributed by atoms with Gasteiger partial charge in [0.2, 0.25) is 0 Å². The summed E-state index contributed by atoms with van der Waals surface area (Å²) in [7, 11) is 0. The minimum absolute atomic E-state index is 0.0806. The minimum Gasteiger partial charge on any atom is -0.466 e. The van der Waals surface area contributed by atoms with E-state index in [1.807, 2.05) is 0 Å². The molecule has 1 aliphatic rings. The molecule has 2 atom stereocenters. The summed E-state index contributed by atoms with van der Waals surface area (Å²) in [6.45, 7) is 2.18. The molecule has 1 aliphatic carbocycles. The highest BCUT2D eigenvalue weighted by Gasteiger charge is 2.46. The van der Waals surface area contributed by atoms with Crippen molar-refractivity contribution in [3.63, 3.8) is 0 Å². The highest BCUT2D eigenvalue weighted by molar-refractivity contribution is 5.77. The highest BCUT2D eigenvalue weighted by Crippen LogP contribution is 2.47. The molecule has 0 saturated heterocycles. The van der Waals surface area contributed by atoms with E-state index in [0.29, 0.717) is 6.61 Å². The molecule has 0 radical (unpaired) electrons. The number of ether oxygens (including phenoxy) is 1. The molecule has 1 aromatic rings. The van der Waals surface area contributed by atoms with Gasteiger partial charge in [-0.25, -0.2) is 4.39 Å². The van der Waals surface area contributed by atoms with Crippen molar-refractivity contribution in [1.29, 1.82) is 0 Å². The first-order valence-electron chi connectivity index (χ1n) is 5.00. The first-order valence-corrected chi connectivity index (χ1v) is 5.00. The van der Waals surface area contributed by atoms with Crippen molar-refractivity contribution in [2.24, 2.45) is 5.92 Å². The van der Waals surface area contributed by atoms with Crippen LogP contribution in [-0.2, 0) is 9.53 Å². The molecule has 2 rings (SSSR count). The average Bonchev–Trinajstić information content (AvgIpc) is 2.99. The standard InChI is InChI=1S/C11H12FNO2/c1-2-15-11(14)9-5-8(9)10-4-3-7(12)6-13-10/h3-4,6,8-9H,2,5H2,1H3/t8-,9-/m0/s1. The molecule has 0 unspecified atom stereocenters. The van der Waals surface area contributed by atoms with Gasteiger partial charge in [0.25, 0.3) is 0 Å². The number of pyridine rings is 1. The maximum atomic E-state index is 12.6. The summed E-state index contributed by atoms with van der Waals surface area (Å²) in [5.41, 5.74) is 0.773. The van der Waals surface area contributed by atoms with Gasteiger partial charge >= 0.3 is 5.97 Å². The summed E-state index contributed by atoms with van der Waals surface area (Å²) >= 11 is 0. The van der Waals surface area contributed by atoms with E-state index in [9.17, 15) is 9.18 Å². The van der Waals surface area contributed by atoms with Gasteiger partial charge in [0, 0.05) is 11.6 Å². The lowest BCUT2D eigenvalue weighted by molar-refractivity contribution is -0.144. The van der Waals surface area contributed by atoms with Gasteiger partial charge in [0.15, 0.2) is 0 Å². The van der Waals surface area contributed by atoms with Crippen molar-refractivity contribution < 1.29 is 13.9 Å². The zero-order chi connectivity index (χ0) is 10.8. The molecule has 0 spiro atoms. The van der Waals surface area contributed by atoms with Crippen LogP contribution in [0.2, 0.25) is 0 Å². The molecule has 1 fully saturated rings. The number of halogens is 1. The largest absolute Gasteiger partial charge is 0.466 e. The Labute approximate surface area is 87.3 Å². The van der Waals surface area contributed by atoms with Crippen molar-refractivity contribution in [1.82, 2.24) is 4.98 Å². The number of nitrogens with zero attached hydrogens (tertiary/aromatic N) is 1. The molecule has 1 aromatic heterocycles. The van der Waals surface area contributed by atoms with Gasteiger partial charge in [-0.2, -0.15) is 0 Å². The topological polar surface area (TPSA) is 39.2 Å². The lowest BCUT2D eigenvalue weighted by Crippen LogP contribution is -2.07. The predicted octanol–water partition coefficient (Wildman–Crippen LogP) is 1.89. The first kappa shape index (κ1) is 10.1. The van der Waals surface area contributed by atoms with E-state index < -0.39 is 0 Å². The fraction of sp³-hybridized carbons (Fsp3) is 0.455. The molecule has 0 N–H and O–H groups in total. The molecular formula is C11H12FNO2. The van der Waals surface area contributed by atoms with Crippen LogP contribution < -0.4 is 0 Å². The van der Waals surface area contributed by atoms with Crippen molar-refractivity contribution in [2.75, 3.05) is 6.61 Å². The Bertz CT molecular complexity index is 363. The molecule has 1 saturated carbocycles.